The summed E-state index contributed by atoms with van der Waals surface area (Å²) < 4.78 is 5.54. The summed E-state index contributed by atoms with van der Waals surface area (Å²) in [7, 11) is 0. The number of ketones is 1. The molecule has 28 heavy (non-hydrogen) atoms. The second-order valence-electron chi connectivity index (χ2n) is 6.07. The number of anilines is 3. The highest BCUT2D eigenvalue weighted by Gasteiger charge is 2.11. The standard InChI is InChI=1S/C22H21N3O3/c1-3-28-20-7-5-4-6-19(20)25-22(27)17-12-13-23-21(14-17)24-18-10-8-16(9-11-18)15(2)26/h4-14H,3H2,1-2H3,(H,23,24)(H,25,27). The first-order valence-electron chi connectivity index (χ1n) is 8.94. The molecule has 0 unspecified atom stereocenters. The molecule has 0 aliphatic heterocycles. The number of hydrogen-bond donors (Lipinski definition) is 2. The van der Waals surface area contributed by atoms with Crippen molar-refractivity contribution in [3.8, 4) is 5.75 Å². The van der Waals surface area contributed by atoms with Crippen LogP contribution in [0.3, 0.4) is 0 Å². The molecule has 3 aromatic rings. The van der Waals surface area contributed by atoms with Gasteiger partial charge in [-0.25, -0.2) is 4.98 Å². The predicted molar refractivity (Wildman–Crippen MR) is 110 cm³/mol. The van der Waals surface area contributed by atoms with Gasteiger partial charge in [0.1, 0.15) is 11.6 Å². The molecule has 0 radical (unpaired) electrons. The third-order valence-electron chi connectivity index (χ3n) is 4.02. The fourth-order valence-electron chi connectivity index (χ4n) is 2.62. The van der Waals surface area contributed by atoms with Gasteiger partial charge in [-0.05, 0) is 62.4 Å². The molecular weight excluding hydrogens is 354 g/mol. The summed E-state index contributed by atoms with van der Waals surface area (Å²) >= 11 is 0. The molecule has 1 heterocycles. The van der Waals surface area contributed by atoms with E-state index in [4.69, 9.17) is 4.74 Å². The molecule has 0 spiro atoms. The molecule has 1 amide bonds. The maximum atomic E-state index is 12.6. The van der Waals surface area contributed by atoms with Crippen molar-refractivity contribution in [1.82, 2.24) is 4.98 Å². The zero-order valence-corrected chi connectivity index (χ0v) is 15.7. The fourth-order valence-corrected chi connectivity index (χ4v) is 2.62. The van der Waals surface area contributed by atoms with Crippen LogP contribution in [0.4, 0.5) is 17.2 Å². The largest absolute Gasteiger partial charge is 0.492 e. The third-order valence-corrected chi connectivity index (χ3v) is 4.02. The van der Waals surface area contributed by atoms with Gasteiger partial charge in [0.15, 0.2) is 5.78 Å². The lowest BCUT2D eigenvalue weighted by atomic mass is 10.1. The molecule has 2 aromatic carbocycles. The molecule has 0 saturated heterocycles. The van der Waals surface area contributed by atoms with E-state index < -0.39 is 0 Å². The minimum atomic E-state index is -0.260. The van der Waals surface area contributed by atoms with Gasteiger partial charge in [-0.3, -0.25) is 9.59 Å². The number of amides is 1. The van der Waals surface area contributed by atoms with E-state index in [1.807, 2.05) is 25.1 Å². The molecule has 0 atom stereocenters. The quantitative estimate of drug-likeness (QED) is 0.586. The van der Waals surface area contributed by atoms with Crippen molar-refractivity contribution in [2.45, 2.75) is 13.8 Å². The number of aromatic nitrogens is 1. The minimum Gasteiger partial charge on any atom is -0.492 e. The summed E-state index contributed by atoms with van der Waals surface area (Å²) in [4.78, 5) is 28.2. The summed E-state index contributed by atoms with van der Waals surface area (Å²) in [5, 5.41) is 6.00. The maximum absolute atomic E-state index is 12.6. The average Bonchev–Trinajstić information content (AvgIpc) is 2.70. The van der Waals surface area contributed by atoms with Crippen LogP contribution in [-0.2, 0) is 0 Å². The number of nitrogens with one attached hydrogen (secondary N) is 2. The number of hydrogen-bond acceptors (Lipinski definition) is 5. The van der Waals surface area contributed by atoms with Gasteiger partial charge in [-0.15, -0.1) is 0 Å². The lowest BCUT2D eigenvalue weighted by Gasteiger charge is -2.12. The van der Waals surface area contributed by atoms with Gasteiger partial charge in [0, 0.05) is 23.0 Å². The molecule has 6 heteroatoms. The third kappa shape index (κ3) is 4.73. The minimum absolute atomic E-state index is 0.00989. The van der Waals surface area contributed by atoms with Crippen molar-refractivity contribution in [2.24, 2.45) is 0 Å². The summed E-state index contributed by atoms with van der Waals surface area (Å²) in [6.07, 6.45) is 1.57. The second kappa shape index (κ2) is 8.81. The number of pyridine rings is 1. The van der Waals surface area contributed by atoms with Crippen LogP contribution in [0.15, 0.2) is 66.9 Å². The molecule has 1 aromatic heterocycles. The van der Waals surface area contributed by atoms with Crippen molar-refractivity contribution < 1.29 is 14.3 Å². The molecule has 3 rings (SSSR count). The second-order valence-corrected chi connectivity index (χ2v) is 6.07. The number of carbonyl (C=O) groups is 2. The maximum Gasteiger partial charge on any atom is 0.255 e. The normalized spacial score (nSPS) is 10.2. The molecule has 0 aliphatic carbocycles. The monoisotopic (exact) mass is 375 g/mol. The first-order valence-corrected chi connectivity index (χ1v) is 8.94. The number of para-hydroxylation sites is 2. The van der Waals surface area contributed by atoms with Crippen molar-refractivity contribution in [2.75, 3.05) is 17.2 Å². The highest BCUT2D eigenvalue weighted by Crippen LogP contribution is 2.24. The van der Waals surface area contributed by atoms with E-state index >= 15 is 0 Å². The van der Waals surface area contributed by atoms with E-state index in [0.29, 0.717) is 35.0 Å². The Morgan fingerprint density at radius 2 is 1.75 bits per heavy atom. The molecule has 2 N–H and O–H groups in total. The summed E-state index contributed by atoms with van der Waals surface area (Å²) in [6.45, 7) is 3.93. The van der Waals surface area contributed by atoms with Gasteiger partial charge in [0.05, 0.1) is 12.3 Å². The average molecular weight is 375 g/mol. The predicted octanol–water partition coefficient (Wildman–Crippen LogP) is 4.68. The van der Waals surface area contributed by atoms with Crippen molar-refractivity contribution in [3.63, 3.8) is 0 Å². The Morgan fingerprint density at radius 1 is 1.00 bits per heavy atom. The zero-order chi connectivity index (χ0) is 19.9. The van der Waals surface area contributed by atoms with Crippen molar-refractivity contribution in [3.05, 3.63) is 78.0 Å². The van der Waals surface area contributed by atoms with Gasteiger partial charge in [0.2, 0.25) is 0 Å². The Morgan fingerprint density at radius 3 is 2.46 bits per heavy atom. The highest BCUT2D eigenvalue weighted by molar-refractivity contribution is 6.05. The number of carbonyl (C=O) groups excluding carboxylic acids is 2. The number of ether oxygens (including phenoxy) is 1. The van der Waals surface area contributed by atoms with Gasteiger partial charge in [-0.1, -0.05) is 12.1 Å². The van der Waals surface area contributed by atoms with Crippen LogP contribution in [0.2, 0.25) is 0 Å². The number of Topliss-reactive ketones (excluding diaryl/α,β-unsaturated/α-hetero) is 1. The molecule has 0 saturated carbocycles. The first kappa shape index (κ1) is 19.1. The van der Waals surface area contributed by atoms with Gasteiger partial charge in [0.25, 0.3) is 5.91 Å². The number of benzene rings is 2. The van der Waals surface area contributed by atoms with Gasteiger partial charge in [-0.2, -0.15) is 0 Å². The van der Waals surface area contributed by atoms with Crippen LogP contribution in [0, 0.1) is 0 Å². The summed E-state index contributed by atoms with van der Waals surface area (Å²) in [6, 6.07) is 17.7. The fraction of sp³-hybridized carbons (Fsp3) is 0.136. The van der Waals surface area contributed by atoms with E-state index in [0.717, 1.165) is 5.69 Å². The van der Waals surface area contributed by atoms with Crippen LogP contribution in [-0.4, -0.2) is 23.3 Å². The first-order chi connectivity index (χ1) is 13.6. The Labute approximate surface area is 163 Å². The van der Waals surface area contributed by atoms with Crippen LogP contribution in [0.5, 0.6) is 5.75 Å². The molecular formula is C22H21N3O3. The topological polar surface area (TPSA) is 80.3 Å². The zero-order valence-electron chi connectivity index (χ0n) is 15.7. The number of rotatable bonds is 7. The van der Waals surface area contributed by atoms with Crippen LogP contribution >= 0.6 is 0 Å². The van der Waals surface area contributed by atoms with Gasteiger partial charge < -0.3 is 15.4 Å². The van der Waals surface area contributed by atoms with E-state index in [-0.39, 0.29) is 11.7 Å². The number of nitrogens with zero attached hydrogens (tertiary/aromatic N) is 1. The van der Waals surface area contributed by atoms with Crippen molar-refractivity contribution >= 4 is 28.9 Å². The Balaban J connectivity index is 1.74. The molecule has 0 bridgehead atoms. The van der Waals surface area contributed by atoms with E-state index in [1.54, 1.807) is 48.7 Å². The van der Waals surface area contributed by atoms with E-state index in [2.05, 4.69) is 15.6 Å². The van der Waals surface area contributed by atoms with Crippen LogP contribution < -0.4 is 15.4 Å². The molecule has 0 aliphatic rings. The lowest BCUT2D eigenvalue weighted by molar-refractivity contribution is 0.101. The van der Waals surface area contributed by atoms with Crippen LogP contribution in [0.1, 0.15) is 34.6 Å². The van der Waals surface area contributed by atoms with Crippen molar-refractivity contribution in [1.29, 1.82) is 0 Å². The summed E-state index contributed by atoms with van der Waals surface area (Å²) in [5.41, 5.74) is 2.49. The van der Waals surface area contributed by atoms with E-state index in [9.17, 15) is 9.59 Å². The molecule has 142 valence electrons. The molecule has 6 nitrogen and oxygen atoms in total. The van der Waals surface area contributed by atoms with E-state index in [1.165, 1.54) is 6.92 Å². The Hall–Kier alpha value is -3.67. The molecule has 0 fully saturated rings. The van der Waals surface area contributed by atoms with Gasteiger partial charge >= 0.3 is 0 Å². The Kier molecular flexibility index (Phi) is 6.01. The Bertz CT molecular complexity index is 984. The van der Waals surface area contributed by atoms with Crippen LogP contribution in [0.25, 0.3) is 0 Å². The highest BCUT2D eigenvalue weighted by atomic mass is 16.5. The summed E-state index contributed by atoms with van der Waals surface area (Å²) in [5.74, 6) is 0.901. The smallest absolute Gasteiger partial charge is 0.255 e. The lowest BCUT2D eigenvalue weighted by Crippen LogP contribution is -2.13. The SMILES string of the molecule is CCOc1ccccc1NC(=O)c1ccnc(Nc2ccc(C(C)=O)cc2)c1.